The van der Waals surface area contributed by atoms with Gasteiger partial charge < -0.3 is 15.6 Å². The summed E-state index contributed by atoms with van der Waals surface area (Å²) in [5.41, 5.74) is 6.29. The third-order valence-electron chi connectivity index (χ3n) is 3.84. The molecule has 5 nitrogen and oxygen atoms in total. The Labute approximate surface area is 120 Å². The highest BCUT2D eigenvalue weighted by molar-refractivity contribution is 5.83. The standard InChI is InChI=1S/C14H16F2N4O/c15-9-5-11-12(6-10(9)16)20(14(17)19-11)7-13(21)18-8-3-1-2-4-8/h5-6,8H,1-4,7H2,(H2,17,19)(H,18,21). The number of halogens is 2. The Bertz CT molecular complexity index is 692. The average Bonchev–Trinajstić information content (AvgIpc) is 3.01. The van der Waals surface area contributed by atoms with Crippen molar-refractivity contribution in [1.82, 2.24) is 14.9 Å². The van der Waals surface area contributed by atoms with Crippen molar-refractivity contribution in [2.24, 2.45) is 0 Å². The Balaban J connectivity index is 1.84. The number of nitrogen functional groups attached to an aromatic ring is 1. The third-order valence-corrected chi connectivity index (χ3v) is 3.84. The maximum Gasteiger partial charge on any atom is 0.240 e. The normalized spacial score (nSPS) is 15.7. The van der Waals surface area contributed by atoms with Gasteiger partial charge in [-0.05, 0) is 12.8 Å². The highest BCUT2D eigenvalue weighted by atomic mass is 19.2. The number of carbonyl (C=O) groups is 1. The van der Waals surface area contributed by atoms with Gasteiger partial charge in [-0.3, -0.25) is 4.79 Å². The number of amides is 1. The van der Waals surface area contributed by atoms with E-state index in [-0.39, 0.29) is 30.0 Å². The first kappa shape index (κ1) is 13.8. The van der Waals surface area contributed by atoms with Crippen LogP contribution in [-0.4, -0.2) is 21.5 Å². The van der Waals surface area contributed by atoms with E-state index >= 15 is 0 Å². The first-order valence-corrected chi connectivity index (χ1v) is 6.94. The number of aromatic nitrogens is 2. The molecule has 0 aliphatic heterocycles. The number of carbonyl (C=O) groups excluding carboxylic acids is 1. The fourth-order valence-electron chi connectivity index (χ4n) is 2.79. The van der Waals surface area contributed by atoms with Gasteiger partial charge in [-0.2, -0.15) is 0 Å². The number of benzene rings is 1. The minimum atomic E-state index is -0.986. The summed E-state index contributed by atoms with van der Waals surface area (Å²) in [5, 5.41) is 2.92. The van der Waals surface area contributed by atoms with Crippen LogP contribution in [0.15, 0.2) is 12.1 Å². The molecule has 0 radical (unpaired) electrons. The molecule has 0 bridgehead atoms. The summed E-state index contributed by atoms with van der Waals surface area (Å²) < 4.78 is 27.9. The quantitative estimate of drug-likeness (QED) is 0.909. The Hall–Kier alpha value is -2.18. The van der Waals surface area contributed by atoms with Crippen LogP contribution in [0.1, 0.15) is 25.7 Å². The van der Waals surface area contributed by atoms with E-state index in [0.29, 0.717) is 5.52 Å². The summed E-state index contributed by atoms with van der Waals surface area (Å²) in [6.45, 7) is -0.0517. The van der Waals surface area contributed by atoms with Crippen molar-refractivity contribution in [1.29, 1.82) is 0 Å². The number of hydrogen-bond donors (Lipinski definition) is 2. The molecule has 2 aromatic rings. The van der Waals surface area contributed by atoms with E-state index in [0.717, 1.165) is 37.8 Å². The van der Waals surface area contributed by atoms with E-state index in [1.807, 2.05) is 0 Å². The van der Waals surface area contributed by atoms with E-state index < -0.39 is 11.6 Å². The maximum atomic E-state index is 13.3. The molecular weight excluding hydrogens is 278 g/mol. The van der Waals surface area contributed by atoms with Crippen LogP contribution in [0.4, 0.5) is 14.7 Å². The molecule has 3 rings (SSSR count). The second-order valence-electron chi connectivity index (χ2n) is 5.36. The lowest BCUT2D eigenvalue weighted by atomic mass is 10.2. The van der Waals surface area contributed by atoms with Crippen LogP contribution in [0.3, 0.4) is 0 Å². The number of nitrogens with one attached hydrogen (secondary N) is 1. The summed E-state index contributed by atoms with van der Waals surface area (Å²) in [6.07, 6.45) is 4.19. The molecule has 0 atom stereocenters. The van der Waals surface area contributed by atoms with Gasteiger partial charge in [0.2, 0.25) is 11.9 Å². The van der Waals surface area contributed by atoms with Crippen LogP contribution in [0.25, 0.3) is 11.0 Å². The Morgan fingerprint density at radius 1 is 1.33 bits per heavy atom. The SMILES string of the molecule is Nc1nc2cc(F)c(F)cc2n1CC(=O)NC1CCCC1. The molecule has 1 aromatic heterocycles. The Morgan fingerprint density at radius 3 is 2.71 bits per heavy atom. The lowest BCUT2D eigenvalue weighted by Crippen LogP contribution is -2.35. The van der Waals surface area contributed by atoms with Gasteiger partial charge in [0.1, 0.15) is 6.54 Å². The number of imidazole rings is 1. The molecule has 1 aliphatic carbocycles. The van der Waals surface area contributed by atoms with Crippen LogP contribution in [0.2, 0.25) is 0 Å². The van der Waals surface area contributed by atoms with Crippen molar-refractivity contribution >= 4 is 22.9 Å². The third kappa shape index (κ3) is 2.68. The molecule has 0 unspecified atom stereocenters. The smallest absolute Gasteiger partial charge is 0.240 e. The zero-order valence-electron chi connectivity index (χ0n) is 11.4. The van der Waals surface area contributed by atoms with Gasteiger partial charge in [0.05, 0.1) is 11.0 Å². The second-order valence-corrected chi connectivity index (χ2v) is 5.36. The summed E-state index contributed by atoms with van der Waals surface area (Å²) in [4.78, 5) is 16.0. The number of fused-ring (bicyclic) bond motifs is 1. The van der Waals surface area contributed by atoms with Crippen LogP contribution in [0, 0.1) is 11.6 Å². The minimum Gasteiger partial charge on any atom is -0.369 e. The highest BCUT2D eigenvalue weighted by Crippen LogP contribution is 2.21. The Morgan fingerprint density at radius 2 is 2.00 bits per heavy atom. The van der Waals surface area contributed by atoms with Crippen molar-refractivity contribution in [3.8, 4) is 0 Å². The van der Waals surface area contributed by atoms with Gasteiger partial charge in [-0.25, -0.2) is 13.8 Å². The number of rotatable bonds is 3. The summed E-state index contributed by atoms with van der Waals surface area (Å²) in [7, 11) is 0. The molecule has 7 heteroatoms. The fourth-order valence-corrected chi connectivity index (χ4v) is 2.79. The van der Waals surface area contributed by atoms with Crippen LogP contribution in [0.5, 0.6) is 0 Å². The van der Waals surface area contributed by atoms with Gasteiger partial charge in [-0.15, -0.1) is 0 Å². The average molecular weight is 294 g/mol. The number of hydrogen-bond acceptors (Lipinski definition) is 3. The molecule has 1 amide bonds. The lowest BCUT2D eigenvalue weighted by molar-refractivity contribution is -0.122. The summed E-state index contributed by atoms with van der Waals surface area (Å²) in [5.74, 6) is -2.10. The molecule has 3 N–H and O–H groups in total. The molecule has 112 valence electrons. The van der Waals surface area contributed by atoms with Crippen LogP contribution >= 0.6 is 0 Å². The van der Waals surface area contributed by atoms with E-state index in [1.165, 1.54) is 4.57 Å². The fraction of sp³-hybridized carbons (Fsp3) is 0.429. The molecule has 1 saturated carbocycles. The highest BCUT2D eigenvalue weighted by Gasteiger charge is 2.19. The molecule has 1 aromatic carbocycles. The molecule has 0 spiro atoms. The molecule has 1 heterocycles. The van der Waals surface area contributed by atoms with Gasteiger partial charge in [0, 0.05) is 18.2 Å². The molecular formula is C14H16F2N4O. The van der Waals surface area contributed by atoms with Gasteiger partial charge in [0.25, 0.3) is 0 Å². The molecule has 1 aliphatic rings. The van der Waals surface area contributed by atoms with E-state index in [2.05, 4.69) is 10.3 Å². The van der Waals surface area contributed by atoms with Crippen molar-refractivity contribution in [2.75, 3.05) is 5.73 Å². The number of nitrogens with two attached hydrogens (primary N) is 1. The monoisotopic (exact) mass is 294 g/mol. The summed E-state index contributed by atoms with van der Waals surface area (Å²) in [6, 6.07) is 2.19. The van der Waals surface area contributed by atoms with E-state index in [1.54, 1.807) is 0 Å². The second kappa shape index (κ2) is 5.31. The number of nitrogens with zero attached hydrogens (tertiary/aromatic N) is 2. The van der Waals surface area contributed by atoms with Crippen molar-refractivity contribution in [2.45, 2.75) is 38.3 Å². The summed E-state index contributed by atoms with van der Waals surface area (Å²) >= 11 is 0. The zero-order chi connectivity index (χ0) is 15.0. The molecule has 0 saturated heterocycles. The van der Waals surface area contributed by atoms with Crippen molar-refractivity contribution < 1.29 is 13.6 Å². The Kier molecular flexibility index (Phi) is 3.48. The van der Waals surface area contributed by atoms with E-state index in [4.69, 9.17) is 5.73 Å². The van der Waals surface area contributed by atoms with Crippen molar-refractivity contribution in [3.05, 3.63) is 23.8 Å². The van der Waals surface area contributed by atoms with Crippen molar-refractivity contribution in [3.63, 3.8) is 0 Å². The lowest BCUT2D eigenvalue weighted by Gasteiger charge is -2.13. The van der Waals surface area contributed by atoms with Gasteiger partial charge >= 0.3 is 0 Å². The largest absolute Gasteiger partial charge is 0.369 e. The van der Waals surface area contributed by atoms with Gasteiger partial charge in [0.15, 0.2) is 11.6 Å². The predicted molar refractivity (Wildman–Crippen MR) is 74.5 cm³/mol. The minimum absolute atomic E-state index is 0.0517. The maximum absolute atomic E-state index is 13.3. The topological polar surface area (TPSA) is 72.9 Å². The number of anilines is 1. The van der Waals surface area contributed by atoms with Crippen LogP contribution in [-0.2, 0) is 11.3 Å². The first-order valence-electron chi connectivity index (χ1n) is 6.94. The van der Waals surface area contributed by atoms with E-state index in [9.17, 15) is 13.6 Å². The molecule has 21 heavy (non-hydrogen) atoms. The zero-order valence-corrected chi connectivity index (χ0v) is 11.4. The predicted octanol–water partition coefficient (Wildman–Crippen LogP) is 1.96. The molecule has 1 fully saturated rings. The van der Waals surface area contributed by atoms with Crippen LogP contribution < -0.4 is 11.1 Å². The first-order chi connectivity index (χ1) is 10.0. The van der Waals surface area contributed by atoms with Gasteiger partial charge in [-0.1, -0.05) is 12.8 Å².